The van der Waals surface area contributed by atoms with Gasteiger partial charge in [0.05, 0.1) is 17.7 Å². The Kier molecular flexibility index (Phi) is 4.99. The summed E-state index contributed by atoms with van der Waals surface area (Å²) < 4.78 is 5.88. The number of nitrogens with one attached hydrogen (secondary N) is 1. The van der Waals surface area contributed by atoms with E-state index in [0.29, 0.717) is 5.69 Å². The summed E-state index contributed by atoms with van der Waals surface area (Å²) >= 11 is 2.12. The predicted octanol–water partition coefficient (Wildman–Crippen LogP) is 2.38. The number of anilines is 1. The molecule has 1 heterocycles. The smallest absolute Gasteiger partial charge is 0.315 e. The second-order valence-electron chi connectivity index (χ2n) is 5.46. The number of benzene rings is 2. The van der Waals surface area contributed by atoms with E-state index in [4.69, 9.17) is 4.74 Å². The number of aromatic hydroxyl groups is 1. The minimum Gasteiger partial charge on any atom is -0.500 e. The largest absolute Gasteiger partial charge is 0.500 e. The molecule has 138 valence electrons. The number of phenols is 1. The third-order valence-electron chi connectivity index (χ3n) is 3.78. The summed E-state index contributed by atoms with van der Waals surface area (Å²) in [6, 6.07) is 9.27. The first-order valence-electron chi connectivity index (χ1n) is 7.50. The number of nitro benzene ring substituents is 1. The number of halogens is 1. The van der Waals surface area contributed by atoms with Crippen molar-refractivity contribution in [2.45, 2.75) is 0 Å². The van der Waals surface area contributed by atoms with Gasteiger partial charge < -0.3 is 9.84 Å². The van der Waals surface area contributed by atoms with Crippen LogP contribution in [0.3, 0.4) is 0 Å². The molecule has 0 aromatic heterocycles. The molecule has 1 aliphatic heterocycles. The summed E-state index contributed by atoms with van der Waals surface area (Å²) in [5.41, 5.74) is 2.30. The van der Waals surface area contributed by atoms with Crippen LogP contribution in [0.1, 0.15) is 5.56 Å². The van der Waals surface area contributed by atoms with Gasteiger partial charge >= 0.3 is 5.69 Å². The van der Waals surface area contributed by atoms with Crippen molar-refractivity contribution >= 4 is 51.9 Å². The molecule has 0 radical (unpaired) electrons. The van der Waals surface area contributed by atoms with E-state index in [1.54, 1.807) is 24.3 Å². The average Bonchev–Trinajstić information content (AvgIpc) is 2.91. The van der Waals surface area contributed by atoms with Crippen LogP contribution in [0, 0.1) is 13.7 Å². The van der Waals surface area contributed by atoms with Crippen molar-refractivity contribution in [3.05, 3.63) is 61.2 Å². The Balaban J connectivity index is 2.01. The van der Waals surface area contributed by atoms with E-state index in [-0.39, 0.29) is 16.9 Å². The first kappa shape index (κ1) is 18.6. The highest BCUT2D eigenvalue weighted by molar-refractivity contribution is 14.1. The zero-order chi connectivity index (χ0) is 19.7. The number of ether oxygens (including phenoxy) is 1. The van der Waals surface area contributed by atoms with E-state index < -0.39 is 28.2 Å². The van der Waals surface area contributed by atoms with Gasteiger partial charge in [0.2, 0.25) is 5.75 Å². The minimum absolute atomic E-state index is 0.142. The van der Waals surface area contributed by atoms with Crippen LogP contribution >= 0.6 is 22.6 Å². The van der Waals surface area contributed by atoms with E-state index in [9.17, 15) is 24.8 Å². The molecule has 1 fully saturated rings. The lowest BCUT2D eigenvalue weighted by Crippen LogP contribution is -2.35. The summed E-state index contributed by atoms with van der Waals surface area (Å²) in [7, 11) is 1.24. The Labute approximate surface area is 166 Å². The van der Waals surface area contributed by atoms with Crippen LogP contribution in [-0.4, -0.2) is 29.0 Å². The summed E-state index contributed by atoms with van der Waals surface area (Å²) in [6.07, 6.45) is 1.21. The quantitative estimate of drug-likeness (QED) is 0.228. The number of hydrogen-bond donors (Lipinski definition) is 2. The number of phenolic OH excluding ortho intramolecular Hbond substituents is 1. The van der Waals surface area contributed by atoms with Gasteiger partial charge in [0.25, 0.3) is 11.8 Å². The molecule has 0 saturated carbocycles. The zero-order valence-electron chi connectivity index (χ0n) is 13.8. The van der Waals surface area contributed by atoms with Crippen LogP contribution in [0.2, 0.25) is 0 Å². The molecule has 0 aliphatic carbocycles. The SMILES string of the molecule is COc1cc(/C=C2/C(=O)NN(c3ccc(I)cc3)C2=O)cc([N+](=O)[O-])c1O. The molecular weight excluding hydrogens is 469 g/mol. The van der Waals surface area contributed by atoms with Crippen molar-refractivity contribution < 1.29 is 24.4 Å². The summed E-state index contributed by atoms with van der Waals surface area (Å²) in [6.45, 7) is 0. The van der Waals surface area contributed by atoms with Crippen LogP contribution in [0.4, 0.5) is 11.4 Å². The number of carbonyl (C=O) groups is 2. The summed E-state index contributed by atoms with van der Waals surface area (Å²) in [5, 5.41) is 22.0. The van der Waals surface area contributed by atoms with E-state index in [1.807, 2.05) is 0 Å². The van der Waals surface area contributed by atoms with Crippen LogP contribution in [0.15, 0.2) is 42.0 Å². The van der Waals surface area contributed by atoms with Crippen LogP contribution in [-0.2, 0) is 9.59 Å². The monoisotopic (exact) mass is 481 g/mol. The maximum atomic E-state index is 12.6. The molecule has 2 amide bonds. The fourth-order valence-corrected chi connectivity index (χ4v) is 2.85. The number of methoxy groups -OCH3 is 1. The number of nitro groups is 1. The van der Waals surface area contributed by atoms with Crippen molar-refractivity contribution in [2.24, 2.45) is 0 Å². The van der Waals surface area contributed by atoms with Gasteiger partial charge in [-0.3, -0.25) is 25.1 Å². The number of nitrogens with zero attached hydrogens (tertiary/aromatic N) is 2. The van der Waals surface area contributed by atoms with Crippen LogP contribution in [0.5, 0.6) is 11.5 Å². The van der Waals surface area contributed by atoms with Crippen LogP contribution < -0.4 is 15.2 Å². The van der Waals surface area contributed by atoms with E-state index in [2.05, 4.69) is 28.0 Å². The fourth-order valence-electron chi connectivity index (χ4n) is 2.49. The number of amides is 2. The normalized spacial score (nSPS) is 15.2. The fraction of sp³-hybridized carbons (Fsp3) is 0.0588. The summed E-state index contributed by atoms with van der Waals surface area (Å²) in [4.78, 5) is 35.1. The van der Waals surface area contributed by atoms with Crippen molar-refractivity contribution in [1.29, 1.82) is 0 Å². The maximum Gasteiger partial charge on any atom is 0.315 e. The summed E-state index contributed by atoms with van der Waals surface area (Å²) in [5.74, 6) is -2.02. The Morgan fingerprint density at radius 3 is 2.52 bits per heavy atom. The van der Waals surface area contributed by atoms with Gasteiger partial charge in [0, 0.05) is 9.64 Å². The molecular formula is C17H12IN3O6. The zero-order valence-corrected chi connectivity index (χ0v) is 16.0. The average molecular weight is 481 g/mol. The third-order valence-corrected chi connectivity index (χ3v) is 4.50. The van der Waals surface area contributed by atoms with Crippen molar-refractivity contribution in [3.63, 3.8) is 0 Å². The van der Waals surface area contributed by atoms with Crippen molar-refractivity contribution in [3.8, 4) is 11.5 Å². The molecule has 27 heavy (non-hydrogen) atoms. The minimum atomic E-state index is -0.783. The van der Waals surface area contributed by atoms with Gasteiger partial charge in [-0.05, 0) is 64.6 Å². The second-order valence-corrected chi connectivity index (χ2v) is 6.71. The molecule has 0 spiro atoms. The van der Waals surface area contributed by atoms with Crippen LogP contribution in [0.25, 0.3) is 6.08 Å². The molecule has 2 aromatic carbocycles. The van der Waals surface area contributed by atoms with Gasteiger partial charge in [0.15, 0.2) is 5.75 Å². The highest BCUT2D eigenvalue weighted by atomic mass is 127. The number of hydrogen-bond acceptors (Lipinski definition) is 6. The van der Waals surface area contributed by atoms with Gasteiger partial charge in [-0.15, -0.1) is 0 Å². The van der Waals surface area contributed by atoms with Gasteiger partial charge in [-0.25, -0.2) is 5.01 Å². The van der Waals surface area contributed by atoms with Gasteiger partial charge in [0.1, 0.15) is 5.57 Å². The molecule has 3 rings (SSSR count). The highest BCUT2D eigenvalue weighted by Gasteiger charge is 2.34. The number of hydrazine groups is 1. The van der Waals surface area contributed by atoms with Crippen molar-refractivity contribution in [1.82, 2.24) is 5.43 Å². The first-order chi connectivity index (χ1) is 12.8. The molecule has 2 N–H and O–H groups in total. The Morgan fingerprint density at radius 1 is 1.26 bits per heavy atom. The molecule has 0 bridgehead atoms. The van der Waals surface area contributed by atoms with E-state index >= 15 is 0 Å². The lowest BCUT2D eigenvalue weighted by Gasteiger charge is -2.14. The topological polar surface area (TPSA) is 122 Å². The molecule has 2 aromatic rings. The lowest BCUT2D eigenvalue weighted by molar-refractivity contribution is -0.386. The predicted molar refractivity (Wildman–Crippen MR) is 104 cm³/mol. The van der Waals surface area contributed by atoms with Gasteiger partial charge in [-0.2, -0.15) is 0 Å². The van der Waals surface area contributed by atoms with Crippen molar-refractivity contribution in [2.75, 3.05) is 12.1 Å². The van der Waals surface area contributed by atoms with E-state index in [1.165, 1.54) is 19.3 Å². The van der Waals surface area contributed by atoms with E-state index in [0.717, 1.165) is 14.6 Å². The van der Waals surface area contributed by atoms with Gasteiger partial charge in [-0.1, -0.05) is 0 Å². The first-order valence-corrected chi connectivity index (χ1v) is 8.57. The number of carbonyl (C=O) groups excluding carboxylic acids is 2. The molecule has 1 saturated heterocycles. The lowest BCUT2D eigenvalue weighted by atomic mass is 10.1. The molecule has 1 aliphatic rings. The maximum absolute atomic E-state index is 12.6. The Morgan fingerprint density at radius 2 is 1.93 bits per heavy atom. The molecule has 10 heteroatoms. The Bertz CT molecular complexity index is 987. The molecule has 0 atom stereocenters. The third kappa shape index (κ3) is 3.56. The molecule has 9 nitrogen and oxygen atoms in total. The highest BCUT2D eigenvalue weighted by Crippen LogP contribution is 2.37. The standard InChI is InChI=1S/C17H12IN3O6/c1-27-14-8-9(7-13(15(14)22)21(25)26)6-12-16(23)19-20(17(12)24)11-4-2-10(18)3-5-11/h2-8,22H,1H3,(H,19,23)/b12-6-. The second kappa shape index (κ2) is 7.23. The molecule has 0 unspecified atom stereocenters. The Hall–Kier alpha value is -3.15. The number of rotatable bonds is 4.